The molecule has 0 saturated carbocycles. The lowest BCUT2D eigenvalue weighted by atomic mass is 10.3. The summed E-state index contributed by atoms with van der Waals surface area (Å²) in [7, 11) is 0. The Balaban J connectivity index is 2.38. The molecule has 0 fully saturated rings. The monoisotopic (exact) mass is 180 g/mol. The van der Waals surface area contributed by atoms with Crippen molar-refractivity contribution in [2.75, 3.05) is 0 Å². The van der Waals surface area contributed by atoms with Crippen LogP contribution >= 0.6 is 11.3 Å². The summed E-state index contributed by atoms with van der Waals surface area (Å²) in [4.78, 5) is 13.7. The molecular formula is C8H8N2OS. The maximum absolute atomic E-state index is 10.6. The molecule has 3 N–H and O–H groups in total. The maximum atomic E-state index is 10.6. The Bertz CT molecular complexity index is 387. The molecule has 2 rings (SSSR count). The summed E-state index contributed by atoms with van der Waals surface area (Å²) >= 11 is 1.65. The highest BCUT2D eigenvalue weighted by Gasteiger charge is 2.03. The number of fused-ring (bicyclic) bond motifs is 1. The summed E-state index contributed by atoms with van der Waals surface area (Å²) in [5.74, 6) is -0.302. The van der Waals surface area contributed by atoms with Crippen molar-refractivity contribution in [1.29, 1.82) is 0 Å². The first-order valence-corrected chi connectivity index (χ1v) is 4.47. The summed E-state index contributed by atoms with van der Waals surface area (Å²) < 4.78 is 1.17. The van der Waals surface area contributed by atoms with Crippen LogP contribution in [0.3, 0.4) is 0 Å². The van der Waals surface area contributed by atoms with Crippen LogP contribution in [0.5, 0.6) is 0 Å². The topological polar surface area (TPSA) is 58.9 Å². The molecule has 12 heavy (non-hydrogen) atoms. The van der Waals surface area contributed by atoms with E-state index in [9.17, 15) is 4.79 Å². The third-order valence-electron chi connectivity index (χ3n) is 1.66. The number of primary amides is 1. The molecule has 0 bridgehead atoms. The van der Waals surface area contributed by atoms with Gasteiger partial charge >= 0.3 is 0 Å². The number of carbonyl (C=O) groups is 1. The van der Waals surface area contributed by atoms with Crippen molar-refractivity contribution in [1.82, 2.24) is 4.98 Å². The normalized spacial score (nSPS) is 10.7. The van der Waals surface area contributed by atoms with E-state index in [2.05, 4.69) is 4.98 Å². The van der Waals surface area contributed by atoms with E-state index in [1.165, 1.54) is 4.70 Å². The number of amides is 1. The van der Waals surface area contributed by atoms with Crippen LogP contribution in [-0.2, 0) is 11.2 Å². The molecule has 0 saturated heterocycles. The minimum Gasteiger partial charge on any atom is -0.369 e. The van der Waals surface area contributed by atoms with Crippen LogP contribution in [0.15, 0.2) is 17.5 Å². The number of hydrogen-bond donors (Lipinski definition) is 2. The van der Waals surface area contributed by atoms with E-state index in [-0.39, 0.29) is 5.91 Å². The predicted molar refractivity (Wildman–Crippen MR) is 49.1 cm³/mol. The zero-order valence-electron chi connectivity index (χ0n) is 6.33. The number of thiophene rings is 1. The number of nitrogens with one attached hydrogen (secondary N) is 1. The third kappa shape index (κ3) is 1.21. The van der Waals surface area contributed by atoms with Gasteiger partial charge in [-0.25, -0.2) is 0 Å². The van der Waals surface area contributed by atoms with Gasteiger partial charge in [-0.05, 0) is 17.5 Å². The SMILES string of the molecule is NC(=O)Cc1cc2sccc2[nH]1. The van der Waals surface area contributed by atoms with Crippen LogP contribution in [0.25, 0.3) is 10.2 Å². The van der Waals surface area contributed by atoms with Crippen LogP contribution < -0.4 is 5.73 Å². The standard InChI is InChI=1S/C8H8N2OS/c9-8(11)4-5-3-7-6(10-5)1-2-12-7/h1-3,10H,4H2,(H2,9,11). The van der Waals surface area contributed by atoms with E-state index in [1.54, 1.807) is 11.3 Å². The van der Waals surface area contributed by atoms with Crippen molar-refractivity contribution in [3.8, 4) is 0 Å². The first-order chi connectivity index (χ1) is 5.75. The molecule has 2 aromatic rings. The second-order valence-electron chi connectivity index (χ2n) is 2.64. The first-order valence-electron chi connectivity index (χ1n) is 3.59. The molecule has 0 aliphatic carbocycles. The number of H-pyrrole nitrogens is 1. The Hall–Kier alpha value is -1.29. The fraction of sp³-hybridized carbons (Fsp3) is 0.125. The largest absolute Gasteiger partial charge is 0.369 e. The Morgan fingerprint density at radius 2 is 2.50 bits per heavy atom. The lowest BCUT2D eigenvalue weighted by Crippen LogP contribution is -2.13. The van der Waals surface area contributed by atoms with E-state index >= 15 is 0 Å². The second-order valence-corrected chi connectivity index (χ2v) is 3.58. The summed E-state index contributed by atoms with van der Waals surface area (Å²) in [6.07, 6.45) is 0.293. The van der Waals surface area contributed by atoms with E-state index in [0.29, 0.717) is 6.42 Å². The molecular weight excluding hydrogens is 172 g/mol. The van der Waals surface area contributed by atoms with Crippen molar-refractivity contribution >= 4 is 27.5 Å². The fourth-order valence-electron chi connectivity index (χ4n) is 1.19. The molecule has 0 unspecified atom stereocenters. The third-order valence-corrected chi connectivity index (χ3v) is 2.52. The summed E-state index contributed by atoms with van der Waals surface area (Å²) in [6.45, 7) is 0. The summed E-state index contributed by atoms with van der Waals surface area (Å²) in [5.41, 5.74) is 7.03. The van der Waals surface area contributed by atoms with Gasteiger partial charge in [-0.1, -0.05) is 0 Å². The molecule has 0 aliphatic rings. The molecule has 62 valence electrons. The Morgan fingerprint density at radius 1 is 1.67 bits per heavy atom. The quantitative estimate of drug-likeness (QED) is 0.718. The zero-order valence-corrected chi connectivity index (χ0v) is 7.15. The summed E-state index contributed by atoms with van der Waals surface area (Å²) in [6, 6.07) is 3.95. The Labute approximate surface area is 73.2 Å². The minimum atomic E-state index is -0.302. The minimum absolute atomic E-state index is 0.293. The van der Waals surface area contributed by atoms with Crippen molar-refractivity contribution in [2.24, 2.45) is 5.73 Å². The molecule has 2 heterocycles. The number of aromatic nitrogens is 1. The molecule has 0 radical (unpaired) electrons. The van der Waals surface area contributed by atoms with Crippen molar-refractivity contribution < 1.29 is 4.79 Å². The maximum Gasteiger partial charge on any atom is 0.223 e. The molecule has 0 aliphatic heterocycles. The highest BCUT2D eigenvalue weighted by Crippen LogP contribution is 2.21. The number of carbonyl (C=O) groups excluding carboxylic acids is 1. The van der Waals surface area contributed by atoms with Crippen LogP contribution in [0.4, 0.5) is 0 Å². The molecule has 2 aromatic heterocycles. The average Bonchev–Trinajstić information content (AvgIpc) is 2.43. The average molecular weight is 180 g/mol. The molecule has 0 spiro atoms. The second kappa shape index (κ2) is 2.64. The van der Waals surface area contributed by atoms with Gasteiger partial charge in [0.25, 0.3) is 0 Å². The number of aromatic amines is 1. The molecule has 1 amide bonds. The van der Waals surface area contributed by atoms with Crippen LogP contribution in [-0.4, -0.2) is 10.9 Å². The van der Waals surface area contributed by atoms with E-state index in [0.717, 1.165) is 11.2 Å². The lowest BCUT2D eigenvalue weighted by molar-refractivity contribution is -0.117. The van der Waals surface area contributed by atoms with Gasteiger partial charge in [0.2, 0.25) is 5.91 Å². The zero-order chi connectivity index (χ0) is 8.55. The number of rotatable bonds is 2. The number of nitrogens with two attached hydrogens (primary N) is 1. The van der Waals surface area contributed by atoms with Crippen LogP contribution in [0.1, 0.15) is 5.69 Å². The first kappa shape index (κ1) is 7.36. The van der Waals surface area contributed by atoms with E-state index < -0.39 is 0 Å². The van der Waals surface area contributed by atoms with Crippen molar-refractivity contribution in [3.05, 3.63) is 23.2 Å². The van der Waals surface area contributed by atoms with Gasteiger partial charge in [-0.2, -0.15) is 0 Å². The van der Waals surface area contributed by atoms with Crippen molar-refractivity contribution in [3.63, 3.8) is 0 Å². The van der Waals surface area contributed by atoms with Crippen LogP contribution in [0, 0.1) is 0 Å². The van der Waals surface area contributed by atoms with Gasteiger partial charge in [0.1, 0.15) is 0 Å². The summed E-state index contributed by atoms with van der Waals surface area (Å²) in [5, 5.41) is 2.01. The van der Waals surface area contributed by atoms with Gasteiger partial charge in [0.15, 0.2) is 0 Å². The van der Waals surface area contributed by atoms with Gasteiger partial charge in [-0.15, -0.1) is 11.3 Å². The molecule has 0 atom stereocenters. The predicted octanol–water partition coefficient (Wildman–Crippen LogP) is 1.26. The molecule has 3 nitrogen and oxygen atoms in total. The Kier molecular flexibility index (Phi) is 1.62. The molecule has 0 aromatic carbocycles. The van der Waals surface area contributed by atoms with Gasteiger partial charge in [-0.3, -0.25) is 4.79 Å². The highest BCUT2D eigenvalue weighted by molar-refractivity contribution is 7.17. The van der Waals surface area contributed by atoms with Gasteiger partial charge in [0, 0.05) is 5.69 Å². The smallest absolute Gasteiger partial charge is 0.223 e. The fourth-order valence-corrected chi connectivity index (χ4v) is 1.99. The highest BCUT2D eigenvalue weighted by atomic mass is 32.1. The van der Waals surface area contributed by atoms with Crippen molar-refractivity contribution in [2.45, 2.75) is 6.42 Å². The van der Waals surface area contributed by atoms with Gasteiger partial charge < -0.3 is 10.7 Å². The lowest BCUT2D eigenvalue weighted by Gasteiger charge is -1.89. The van der Waals surface area contributed by atoms with E-state index in [4.69, 9.17) is 5.73 Å². The van der Waals surface area contributed by atoms with E-state index in [1.807, 2.05) is 17.5 Å². The van der Waals surface area contributed by atoms with Crippen LogP contribution in [0.2, 0.25) is 0 Å². The number of hydrogen-bond acceptors (Lipinski definition) is 2. The Morgan fingerprint density at radius 3 is 3.17 bits per heavy atom. The molecule has 4 heteroatoms. The van der Waals surface area contributed by atoms with Gasteiger partial charge in [0.05, 0.1) is 16.6 Å².